The fraction of sp³-hybridized carbons (Fsp3) is 0.941. The molecule has 0 spiro atoms. The Hall–Kier alpha value is -0.810. The molecule has 2 atom stereocenters. The quantitative estimate of drug-likeness (QED) is 0.837. The molecule has 1 aliphatic heterocycles. The molecule has 0 aromatic heterocycles. The maximum atomic E-state index is 11.8. The number of nitrogens with zero attached hydrogens (tertiary/aromatic N) is 1. The average Bonchev–Trinajstić information content (AvgIpc) is 2.84. The molecule has 2 N–H and O–H groups in total. The van der Waals surface area contributed by atoms with Crippen LogP contribution >= 0.6 is 0 Å². The van der Waals surface area contributed by atoms with E-state index in [-0.39, 0.29) is 12.1 Å². The summed E-state index contributed by atoms with van der Waals surface area (Å²) in [5.41, 5.74) is -0.423. The molecule has 2 unspecified atom stereocenters. The van der Waals surface area contributed by atoms with Gasteiger partial charge in [0.25, 0.3) is 0 Å². The molecule has 0 aromatic rings. The second-order valence-corrected chi connectivity index (χ2v) is 7.73. The lowest BCUT2D eigenvalue weighted by Gasteiger charge is -2.33. The minimum absolute atomic E-state index is 0.253. The lowest BCUT2D eigenvalue weighted by atomic mass is 10.0. The van der Waals surface area contributed by atoms with Gasteiger partial charge in [-0.1, -0.05) is 6.92 Å². The maximum Gasteiger partial charge on any atom is 0.407 e. The Morgan fingerprint density at radius 1 is 1.09 bits per heavy atom. The van der Waals surface area contributed by atoms with Gasteiger partial charge in [-0.2, -0.15) is 0 Å². The van der Waals surface area contributed by atoms with Gasteiger partial charge in [0, 0.05) is 18.1 Å². The van der Waals surface area contributed by atoms with Crippen molar-refractivity contribution in [3.63, 3.8) is 0 Å². The van der Waals surface area contributed by atoms with Gasteiger partial charge in [-0.05, 0) is 72.5 Å². The zero-order valence-corrected chi connectivity index (χ0v) is 14.7. The summed E-state index contributed by atoms with van der Waals surface area (Å²) < 4.78 is 5.33. The summed E-state index contributed by atoms with van der Waals surface area (Å²) >= 11 is 0. The Kier molecular flexibility index (Phi) is 6.09. The number of nitrogens with one attached hydrogen (secondary N) is 2. The van der Waals surface area contributed by atoms with Crippen molar-refractivity contribution >= 4 is 6.09 Å². The summed E-state index contributed by atoms with van der Waals surface area (Å²) in [5.74, 6) is 0. The third kappa shape index (κ3) is 5.76. The third-order valence-electron chi connectivity index (χ3n) is 4.66. The van der Waals surface area contributed by atoms with E-state index in [4.69, 9.17) is 4.74 Å². The lowest BCUT2D eigenvalue weighted by Crippen LogP contribution is -2.46. The van der Waals surface area contributed by atoms with E-state index in [9.17, 15) is 4.79 Å². The molecule has 2 rings (SSSR count). The number of carbonyl (C=O) groups is 1. The van der Waals surface area contributed by atoms with Gasteiger partial charge in [0.2, 0.25) is 0 Å². The fourth-order valence-corrected chi connectivity index (χ4v) is 3.49. The predicted molar refractivity (Wildman–Crippen MR) is 89.1 cm³/mol. The summed E-state index contributed by atoms with van der Waals surface area (Å²) in [5, 5.41) is 6.80. The van der Waals surface area contributed by atoms with E-state index in [1.54, 1.807) is 0 Å². The smallest absolute Gasteiger partial charge is 0.407 e. The van der Waals surface area contributed by atoms with Crippen molar-refractivity contribution in [3.05, 3.63) is 0 Å². The molecule has 0 radical (unpaired) electrons. The molecule has 1 aliphatic carbocycles. The molecule has 1 heterocycles. The van der Waals surface area contributed by atoms with Crippen LogP contribution in [0, 0.1) is 0 Å². The van der Waals surface area contributed by atoms with E-state index in [0.29, 0.717) is 12.1 Å². The van der Waals surface area contributed by atoms with Gasteiger partial charge in [0.15, 0.2) is 0 Å². The lowest BCUT2D eigenvalue weighted by molar-refractivity contribution is 0.0505. The van der Waals surface area contributed by atoms with E-state index in [2.05, 4.69) is 22.5 Å². The first-order chi connectivity index (χ1) is 10.4. The largest absolute Gasteiger partial charge is 0.444 e. The van der Waals surface area contributed by atoms with Crippen molar-refractivity contribution in [2.24, 2.45) is 0 Å². The molecule has 5 heteroatoms. The third-order valence-corrected chi connectivity index (χ3v) is 4.66. The van der Waals surface area contributed by atoms with Crippen molar-refractivity contribution < 1.29 is 9.53 Å². The maximum absolute atomic E-state index is 11.8. The second kappa shape index (κ2) is 7.64. The van der Waals surface area contributed by atoms with Crippen LogP contribution in [0.15, 0.2) is 0 Å². The highest BCUT2D eigenvalue weighted by molar-refractivity contribution is 5.68. The van der Waals surface area contributed by atoms with Crippen molar-refractivity contribution in [3.8, 4) is 0 Å². The summed E-state index contributed by atoms with van der Waals surface area (Å²) in [7, 11) is 0. The molecule has 5 nitrogen and oxygen atoms in total. The highest BCUT2D eigenvalue weighted by Crippen LogP contribution is 2.22. The van der Waals surface area contributed by atoms with Crippen molar-refractivity contribution in [1.29, 1.82) is 0 Å². The number of hydrogen-bond acceptors (Lipinski definition) is 4. The van der Waals surface area contributed by atoms with Gasteiger partial charge < -0.3 is 20.3 Å². The van der Waals surface area contributed by atoms with Gasteiger partial charge in [-0.15, -0.1) is 0 Å². The number of rotatable bonds is 4. The Bertz CT molecular complexity index is 359. The number of amides is 1. The Balaban J connectivity index is 1.66. The standard InChI is InChI=1S/C17H33N3O2/c1-5-20-10-8-13(9-11-20)18-14-6-7-15(12-14)19-16(21)22-17(2,3)4/h13-15,18H,5-12H2,1-4H3,(H,19,21). The van der Waals surface area contributed by atoms with Crippen molar-refractivity contribution in [1.82, 2.24) is 15.5 Å². The molecule has 128 valence electrons. The van der Waals surface area contributed by atoms with Gasteiger partial charge in [-0.3, -0.25) is 0 Å². The van der Waals surface area contributed by atoms with Crippen LogP contribution in [0.3, 0.4) is 0 Å². The minimum atomic E-state index is -0.423. The van der Waals surface area contributed by atoms with Crippen LogP contribution in [0.2, 0.25) is 0 Å². The van der Waals surface area contributed by atoms with Crippen LogP contribution in [0.4, 0.5) is 4.79 Å². The van der Waals surface area contributed by atoms with E-state index in [0.717, 1.165) is 25.8 Å². The Morgan fingerprint density at radius 2 is 1.73 bits per heavy atom. The number of carbonyl (C=O) groups excluding carboxylic acids is 1. The van der Waals surface area contributed by atoms with Crippen LogP contribution < -0.4 is 10.6 Å². The second-order valence-electron chi connectivity index (χ2n) is 7.73. The summed E-state index contributed by atoms with van der Waals surface area (Å²) in [4.78, 5) is 14.3. The highest BCUT2D eigenvalue weighted by Gasteiger charge is 2.29. The summed E-state index contributed by atoms with van der Waals surface area (Å²) in [6.07, 6.45) is 5.42. The summed E-state index contributed by atoms with van der Waals surface area (Å²) in [6, 6.07) is 1.44. The Labute approximate surface area is 135 Å². The minimum Gasteiger partial charge on any atom is -0.444 e. The molecule has 1 amide bonds. The molecule has 22 heavy (non-hydrogen) atoms. The van der Waals surface area contributed by atoms with Gasteiger partial charge in [0.05, 0.1) is 0 Å². The number of hydrogen-bond donors (Lipinski definition) is 2. The first-order valence-electron chi connectivity index (χ1n) is 8.83. The van der Waals surface area contributed by atoms with Crippen molar-refractivity contribution in [2.45, 2.75) is 83.5 Å². The van der Waals surface area contributed by atoms with Crippen LogP contribution in [0.5, 0.6) is 0 Å². The molecule has 2 aliphatic rings. The van der Waals surface area contributed by atoms with Crippen molar-refractivity contribution in [2.75, 3.05) is 19.6 Å². The van der Waals surface area contributed by atoms with Gasteiger partial charge >= 0.3 is 6.09 Å². The zero-order valence-electron chi connectivity index (χ0n) is 14.7. The normalized spacial score (nSPS) is 27.8. The molecule has 1 saturated heterocycles. The fourth-order valence-electron chi connectivity index (χ4n) is 3.49. The SMILES string of the molecule is CCN1CCC(NC2CCC(NC(=O)OC(C)(C)C)C2)CC1. The topological polar surface area (TPSA) is 53.6 Å². The van der Waals surface area contributed by atoms with E-state index >= 15 is 0 Å². The van der Waals surface area contributed by atoms with Crippen LogP contribution in [0.1, 0.15) is 59.8 Å². The number of alkyl carbamates (subject to hydrolysis) is 1. The molecular formula is C17H33N3O2. The number of piperidine rings is 1. The number of likely N-dealkylation sites (tertiary alicyclic amines) is 1. The molecule has 0 aromatic carbocycles. The molecule has 0 bridgehead atoms. The number of ether oxygens (including phenoxy) is 1. The first-order valence-corrected chi connectivity index (χ1v) is 8.83. The van der Waals surface area contributed by atoms with Crippen LogP contribution in [0.25, 0.3) is 0 Å². The highest BCUT2D eigenvalue weighted by atomic mass is 16.6. The van der Waals surface area contributed by atoms with Crippen LogP contribution in [-0.4, -0.2) is 54.4 Å². The van der Waals surface area contributed by atoms with E-state index in [1.165, 1.54) is 25.9 Å². The molecule has 2 fully saturated rings. The molecular weight excluding hydrogens is 278 g/mol. The monoisotopic (exact) mass is 311 g/mol. The van der Waals surface area contributed by atoms with E-state index < -0.39 is 5.60 Å². The van der Waals surface area contributed by atoms with Gasteiger partial charge in [0.1, 0.15) is 5.60 Å². The molecule has 1 saturated carbocycles. The predicted octanol–water partition coefficient (Wildman–Crippen LogP) is 2.51. The van der Waals surface area contributed by atoms with Crippen LogP contribution in [-0.2, 0) is 4.74 Å². The summed E-state index contributed by atoms with van der Waals surface area (Å²) in [6.45, 7) is 11.5. The first kappa shape index (κ1) is 17.5. The Morgan fingerprint density at radius 3 is 2.32 bits per heavy atom. The average molecular weight is 311 g/mol. The van der Waals surface area contributed by atoms with E-state index in [1.807, 2.05) is 20.8 Å². The van der Waals surface area contributed by atoms with Gasteiger partial charge in [-0.25, -0.2) is 4.79 Å². The zero-order chi connectivity index (χ0) is 16.2.